The molecule has 72 valence electrons. The SMILES string of the molecule is C[SiH](C)c1cccc2c1C(=N)NC2=N. The zero-order valence-corrected chi connectivity index (χ0v) is 9.46. The Morgan fingerprint density at radius 1 is 1.14 bits per heavy atom. The van der Waals surface area contributed by atoms with E-state index in [0.717, 1.165) is 11.1 Å². The average molecular weight is 203 g/mol. The smallest absolute Gasteiger partial charge is 0.131 e. The van der Waals surface area contributed by atoms with Gasteiger partial charge < -0.3 is 5.32 Å². The molecule has 0 aliphatic carbocycles. The maximum absolute atomic E-state index is 7.77. The monoisotopic (exact) mass is 203 g/mol. The summed E-state index contributed by atoms with van der Waals surface area (Å²) in [4.78, 5) is 0. The third-order valence-corrected chi connectivity index (χ3v) is 4.21. The molecule has 3 nitrogen and oxygen atoms in total. The molecule has 1 heterocycles. The number of rotatable bonds is 1. The maximum Gasteiger partial charge on any atom is 0.131 e. The lowest BCUT2D eigenvalue weighted by molar-refractivity contribution is 1.29. The predicted octanol–water partition coefficient (Wildman–Crippen LogP) is 0.634. The lowest BCUT2D eigenvalue weighted by atomic mass is 10.1. The standard InChI is InChI=1S/C10H13N3Si/c1-14(2)7-5-3-4-6-8(7)10(12)13-9(6)11/h3-5,14H,1-2H3,(H3,11,12,13). The third kappa shape index (κ3) is 1.19. The maximum atomic E-state index is 7.77. The number of hydrogen-bond donors (Lipinski definition) is 3. The molecule has 1 aliphatic rings. The van der Waals surface area contributed by atoms with E-state index in [0.29, 0.717) is 11.7 Å². The van der Waals surface area contributed by atoms with Crippen molar-refractivity contribution < 1.29 is 0 Å². The molecule has 0 atom stereocenters. The zero-order valence-electron chi connectivity index (χ0n) is 8.31. The summed E-state index contributed by atoms with van der Waals surface area (Å²) in [6.45, 7) is 4.48. The highest BCUT2D eigenvalue weighted by Crippen LogP contribution is 2.13. The number of nitrogens with one attached hydrogen (secondary N) is 3. The molecule has 3 N–H and O–H groups in total. The molecule has 0 radical (unpaired) electrons. The molecule has 0 saturated heterocycles. The molecule has 1 aromatic rings. The van der Waals surface area contributed by atoms with Crippen LogP contribution in [-0.4, -0.2) is 20.5 Å². The molecule has 1 aromatic carbocycles. The van der Waals surface area contributed by atoms with E-state index in [4.69, 9.17) is 10.8 Å². The Hall–Kier alpha value is -1.42. The van der Waals surface area contributed by atoms with Crippen molar-refractivity contribution in [2.75, 3.05) is 0 Å². The number of fused-ring (bicyclic) bond motifs is 1. The topological polar surface area (TPSA) is 59.7 Å². The molecule has 2 rings (SSSR count). The van der Waals surface area contributed by atoms with Gasteiger partial charge in [-0.2, -0.15) is 0 Å². The van der Waals surface area contributed by atoms with Crippen LogP contribution in [0.5, 0.6) is 0 Å². The average Bonchev–Trinajstić information content (AvgIpc) is 2.43. The van der Waals surface area contributed by atoms with Crippen LogP contribution in [-0.2, 0) is 0 Å². The van der Waals surface area contributed by atoms with E-state index in [9.17, 15) is 0 Å². The minimum atomic E-state index is -0.917. The highest BCUT2D eigenvalue weighted by atomic mass is 28.3. The van der Waals surface area contributed by atoms with Gasteiger partial charge in [-0.3, -0.25) is 10.8 Å². The molecule has 0 aromatic heterocycles. The van der Waals surface area contributed by atoms with Crippen molar-refractivity contribution in [2.24, 2.45) is 0 Å². The molecule has 0 unspecified atom stereocenters. The molecule has 14 heavy (non-hydrogen) atoms. The summed E-state index contributed by atoms with van der Waals surface area (Å²) in [7, 11) is -0.917. The minimum Gasteiger partial charge on any atom is -0.325 e. The van der Waals surface area contributed by atoms with Crippen molar-refractivity contribution in [1.29, 1.82) is 10.8 Å². The predicted molar refractivity (Wildman–Crippen MR) is 61.7 cm³/mol. The fourth-order valence-electron chi connectivity index (χ4n) is 1.79. The van der Waals surface area contributed by atoms with Gasteiger partial charge in [-0.25, -0.2) is 0 Å². The van der Waals surface area contributed by atoms with Gasteiger partial charge in [0.05, 0.1) is 8.80 Å². The first kappa shape index (κ1) is 9.14. The fraction of sp³-hybridized carbons (Fsp3) is 0.200. The highest BCUT2D eigenvalue weighted by Gasteiger charge is 2.24. The first-order valence-electron chi connectivity index (χ1n) is 4.69. The lowest BCUT2D eigenvalue weighted by Gasteiger charge is -2.08. The van der Waals surface area contributed by atoms with Crippen LogP contribution in [0.15, 0.2) is 18.2 Å². The molecule has 4 heteroatoms. The van der Waals surface area contributed by atoms with Crippen LogP contribution in [0.4, 0.5) is 0 Å². The Balaban J connectivity index is 2.68. The first-order valence-corrected chi connectivity index (χ1v) is 7.57. The zero-order chi connectivity index (χ0) is 10.3. The number of benzene rings is 1. The van der Waals surface area contributed by atoms with Gasteiger partial charge in [-0.05, 0) is 0 Å². The number of amidine groups is 2. The summed E-state index contributed by atoms with van der Waals surface area (Å²) in [6, 6.07) is 5.98. The summed E-state index contributed by atoms with van der Waals surface area (Å²) in [5.41, 5.74) is 1.84. The van der Waals surface area contributed by atoms with Gasteiger partial charge in [0.25, 0.3) is 0 Å². The summed E-state index contributed by atoms with van der Waals surface area (Å²) >= 11 is 0. The lowest BCUT2D eigenvalue weighted by Crippen LogP contribution is -2.30. The van der Waals surface area contributed by atoms with Crippen molar-refractivity contribution >= 4 is 25.7 Å². The molecule has 0 saturated carbocycles. The van der Waals surface area contributed by atoms with E-state index in [2.05, 4.69) is 24.5 Å². The summed E-state index contributed by atoms with van der Waals surface area (Å²) in [5, 5.41) is 19.5. The van der Waals surface area contributed by atoms with Crippen LogP contribution in [0.1, 0.15) is 11.1 Å². The van der Waals surface area contributed by atoms with Gasteiger partial charge in [0.2, 0.25) is 0 Å². The Kier molecular flexibility index (Phi) is 2.00. The molecular formula is C10H13N3Si. The van der Waals surface area contributed by atoms with Crippen LogP contribution < -0.4 is 10.5 Å². The van der Waals surface area contributed by atoms with E-state index >= 15 is 0 Å². The van der Waals surface area contributed by atoms with Gasteiger partial charge in [-0.15, -0.1) is 0 Å². The largest absolute Gasteiger partial charge is 0.325 e. The van der Waals surface area contributed by atoms with Gasteiger partial charge >= 0.3 is 0 Å². The summed E-state index contributed by atoms with van der Waals surface area (Å²) in [6.07, 6.45) is 0. The Morgan fingerprint density at radius 2 is 1.86 bits per heavy atom. The molecule has 0 fully saturated rings. The van der Waals surface area contributed by atoms with Crippen LogP contribution in [0, 0.1) is 10.8 Å². The second-order valence-electron chi connectivity index (χ2n) is 3.80. The molecule has 0 amide bonds. The highest BCUT2D eigenvalue weighted by molar-refractivity contribution is 6.72. The van der Waals surface area contributed by atoms with Gasteiger partial charge in [0.15, 0.2) is 0 Å². The second kappa shape index (κ2) is 3.06. The second-order valence-corrected chi connectivity index (χ2v) is 6.73. The van der Waals surface area contributed by atoms with Crippen LogP contribution in [0.3, 0.4) is 0 Å². The van der Waals surface area contributed by atoms with Gasteiger partial charge in [-0.1, -0.05) is 36.5 Å². The van der Waals surface area contributed by atoms with Crippen LogP contribution in [0.25, 0.3) is 0 Å². The van der Waals surface area contributed by atoms with E-state index in [1.54, 1.807) is 0 Å². The van der Waals surface area contributed by atoms with E-state index in [1.165, 1.54) is 5.19 Å². The summed E-state index contributed by atoms with van der Waals surface area (Å²) < 4.78 is 0. The molecule has 0 bridgehead atoms. The Bertz CT molecular complexity index is 423. The first-order chi connectivity index (χ1) is 6.61. The van der Waals surface area contributed by atoms with Crippen molar-refractivity contribution in [1.82, 2.24) is 5.32 Å². The molecule has 1 aliphatic heterocycles. The molecule has 0 spiro atoms. The van der Waals surface area contributed by atoms with Crippen molar-refractivity contribution in [2.45, 2.75) is 13.1 Å². The fourth-order valence-corrected chi connectivity index (χ4v) is 3.17. The van der Waals surface area contributed by atoms with E-state index < -0.39 is 8.80 Å². The Morgan fingerprint density at radius 3 is 2.50 bits per heavy atom. The number of hydrogen-bond acceptors (Lipinski definition) is 2. The van der Waals surface area contributed by atoms with Crippen LogP contribution >= 0.6 is 0 Å². The van der Waals surface area contributed by atoms with E-state index in [-0.39, 0.29) is 0 Å². The van der Waals surface area contributed by atoms with Crippen molar-refractivity contribution in [3.63, 3.8) is 0 Å². The Labute approximate surface area is 84.8 Å². The molecular weight excluding hydrogens is 190 g/mol. The van der Waals surface area contributed by atoms with Crippen LogP contribution in [0.2, 0.25) is 13.1 Å². The third-order valence-electron chi connectivity index (χ3n) is 2.49. The summed E-state index contributed by atoms with van der Waals surface area (Å²) in [5.74, 6) is 0.753. The van der Waals surface area contributed by atoms with Crippen molar-refractivity contribution in [3.05, 3.63) is 29.3 Å². The minimum absolute atomic E-state index is 0.363. The van der Waals surface area contributed by atoms with Crippen molar-refractivity contribution in [3.8, 4) is 0 Å². The van der Waals surface area contributed by atoms with Gasteiger partial charge in [0, 0.05) is 11.1 Å². The van der Waals surface area contributed by atoms with Gasteiger partial charge in [0.1, 0.15) is 11.7 Å². The van der Waals surface area contributed by atoms with E-state index in [1.807, 2.05) is 12.1 Å². The quantitative estimate of drug-likeness (QED) is 0.576. The normalized spacial score (nSPS) is 14.5.